The van der Waals surface area contributed by atoms with Gasteiger partial charge in [-0.1, -0.05) is 65.5 Å². The van der Waals surface area contributed by atoms with Crippen molar-refractivity contribution in [1.29, 1.82) is 0 Å². The Morgan fingerprint density at radius 3 is 1.45 bits per heavy atom. The van der Waals surface area contributed by atoms with E-state index in [4.69, 9.17) is 28.9 Å². The summed E-state index contributed by atoms with van der Waals surface area (Å²) in [5, 5.41) is 8.09. The highest BCUT2D eigenvalue weighted by atomic mass is 79.9. The van der Waals surface area contributed by atoms with Crippen LogP contribution in [-0.2, 0) is 18.9 Å². The Balaban J connectivity index is 0.000000209. The fraction of sp³-hybridized carbons (Fsp3) is 0.545. The van der Waals surface area contributed by atoms with Gasteiger partial charge in [0, 0.05) is 87.6 Å². The maximum atomic E-state index is 13.9. The number of anilines is 6. The van der Waals surface area contributed by atoms with Crippen LogP contribution in [0.5, 0.6) is 0 Å². The van der Waals surface area contributed by atoms with Gasteiger partial charge in [-0.05, 0) is 145 Å². The number of halogens is 1. The predicted molar refractivity (Wildman–Crippen MR) is 356 cm³/mol. The number of carbonyl (C=O) groups is 2. The number of nitrogens with zero attached hydrogens (tertiary/aromatic N) is 12. The lowest BCUT2D eigenvalue weighted by molar-refractivity contribution is 0.0230. The molecule has 0 unspecified atom stereocenters. The molecule has 6 aromatic heterocycles. The predicted octanol–water partition coefficient (Wildman–Crippen LogP) is 13.3. The van der Waals surface area contributed by atoms with Crippen molar-refractivity contribution in [2.45, 2.75) is 170 Å². The minimum atomic E-state index is -0.510. The van der Waals surface area contributed by atoms with Gasteiger partial charge in [-0.3, -0.25) is 18.7 Å². The van der Waals surface area contributed by atoms with Gasteiger partial charge in [-0.2, -0.15) is 9.97 Å². The zero-order valence-corrected chi connectivity index (χ0v) is 55.4. The molecule has 2 aliphatic heterocycles. The molecule has 2 amide bonds. The maximum Gasteiger partial charge on any atom is 0.410 e. The van der Waals surface area contributed by atoms with Gasteiger partial charge in [0.15, 0.2) is 0 Å². The van der Waals surface area contributed by atoms with Crippen LogP contribution in [0.1, 0.15) is 161 Å². The first kappa shape index (κ1) is 67.1. The van der Waals surface area contributed by atoms with Gasteiger partial charge in [0.1, 0.15) is 39.9 Å². The number of rotatable bonds is 17. The molecule has 0 aromatic carbocycles. The highest BCUT2D eigenvalue weighted by molar-refractivity contribution is 9.10. The van der Waals surface area contributed by atoms with Gasteiger partial charge in [-0.25, -0.2) is 29.5 Å². The van der Waals surface area contributed by atoms with Gasteiger partial charge in [-0.15, -0.1) is 0 Å². The number of ether oxygens (including phenoxy) is 4. The quantitative estimate of drug-likeness (QED) is 0.0639. The molecule has 22 nitrogen and oxygen atoms in total. The van der Waals surface area contributed by atoms with Gasteiger partial charge in [0.05, 0.1) is 53.3 Å². The minimum absolute atomic E-state index is 0.0409. The number of piperazine rings is 2. The summed E-state index contributed by atoms with van der Waals surface area (Å²) in [7, 11) is 0. The fourth-order valence-corrected chi connectivity index (χ4v) is 11.7. The van der Waals surface area contributed by atoms with E-state index in [0.717, 1.165) is 111 Å². The minimum Gasteiger partial charge on any atom is -0.502 e. The molecule has 23 heteroatoms. The second kappa shape index (κ2) is 30.6. The molecule has 6 aromatic rings. The summed E-state index contributed by atoms with van der Waals surface area (Å²) in [6.45, 7) is 33.3. The van der Waals surface area contributed by atoms with Crippen LogP contribution in [0.2, 0.25) is 0 Å². The van der Waals surface area contributed by atoms with Crippen LogP contribution >= 0.6 is 15.9 Å². The third-order valence-corrected chi connectivity index (χ3v) is 17.0. The largest absolute Gasteiger partial charge is 0.502 e. The molecule has 4 aliphatic rings. The van der Waals surface area contributed by atoms with E-state index in [2.05, 4.69) is 83.3 Å². The van der Waals surface area contributed by atoms with Crippen LogP contribution in [-0.4, -0.2) is 138 Å². The number of hydrogen-bond acceptors (Lipinski definition) is 18. The van der Waals surface area contributed by atoms with Crippen LogP contribution in [0.4, 0.5) is 44.5 Å². The molecule has 0 radical (unpaired) electrons. The summed E-state index contributed by atoms with van der Waals surface area (Å²) in [5.74, 6) is 2.40. The van der Waals surface area contributed by atoms with Crippen molar-refractivity contribution in [3.63, 3.8) is 0 Å². The average molecular weight is 1290 g/mol. The summed E-state index contributed by atoms with van der Waals surface area (Å²) >= 11 is 3.49. The highest BCUT2D eigenvalue weighted by Gasteiger charge is 2.30. The molecule has 2 aliphatic carbocycles. The number of fused-ring (bicyclic) bond motifs is 2. The SMILES string of the molecule is C=C(OCCCC)c1c(C)c2cnc(Nc3ccc(N4CCN(C(=O)OC(C)(C)C)CC4)cn3)nc2n(C2CCCC2)c1=O.C=COCCCC.Cc1c(Br)c(=O)n(C2CCCC2)c2nc(Nc3ccc(N4CCN(C(=O)OC(C)(C)C)CC4)cn3)ncc12. The number of aromatic nitrogens is 8. The third-order valence-electron chi connectivity index (χ3n) is 16.1. The van der Waals surface area contributed by atoms with Crippen LogP contribution in [0, 0.1) is 13.8 Å². The molecule has 0 atom stereocenters. The number of hydrogen-bond donors (Lipinski definition) is 2. The lowest BCUT2D eigenvalue weighted by Gasteiger charge is -2.36. The standard InChI is InChI=1S/C33H45N7O4.C27H34BrN7O3.C6H12O/c1-7-8-19-43-23(3)28-22(2)26-21-35-31(37-29(26)40(30(28)41)24-11-9-10-12-24)36-27-14-13-25(20-34-27)38-15-17-39(18-16-38)32(42)44-33(4,5)6;1-17-20-16-30-25(32-23(20)35(24(36)22(17)28)18-7-5-6-8-18)31-21-10-9-19(15-29-21)33-11-13-34(14-12-33)26(37)38-27(2,3)4;1-3-5-6-7-4-2/h13-14,20-21,24H,3,7-12,15-19H2,1-2,4-6H3,(H,34,35,36,37);9-10,15-16,18H,5-8,11-14H2,1-4H3,(H,29,30,31,32);4H,2-3,5-6H2,1H3. The topological polar surface area (TPSA) is 229 Å². The van der Waals surface area contributed by atoms with Crippen molar-refractivity contribution in [3.05, 3.63) is 110 Å². The summed E-state index contributed by atoms with van der Waals surface area (Å²) in [6.07, 6.45) is 20.5. The summed E-state index contributed by atoms with van der Waals surface area (Å²) < 4.78 is 26.0. The van der Waals surface area contributed by atoms with E-state index in [9.17, 15) is 19.2 Å². The van der Waals surface area contributed by atoms with Gasteiger partial charge in [0.25, 0.3) is 11.1 Å². The smallest absolute Gasteiger partial charge is 0.410 e. The lowest BCUT2D eigenvalue weighted by atomic mass is 10.0. The van der Waals surface area contributed by atoms with Crippen LogP contribution < -0.4 is 31.6 Å². The van der Waals surface area contributed by atoms with Crippen LogP contribution in [0.25, 0.3) is 27.8 Å². The Morgan fingerprint density at radius 1 is 0.618 bits per heavy atom. The first-order valence-corrected chi connectivity index (χ1v) is 32.3. The Labute approximate surface area is 531 Å². The van der Waals surface area contributed by atoms with Crippen LogP contribution in [0.3, 0.4) is 0 Å². The second-order valence-electron chi connectivity index (χ2n) is 25.0. The summed E-state index contributed by atoms with van der Waals surface area (Å²) in [5.41, 5.74) is 4.19. The molecule has 2 saturated carbocycles. The molecular weight excluding hydrogens is 1200 g/mol. The monoisotopic (exact) mass is 1290 g/mol. The first-order chi connectivity index (χ1) is 42.6. The van der Waals surface area contributed by atoms with Crippen molar-refractivity contribution in [3.8, 4) is 0 Å². The van der Waals surface area contributed by atoms with Crippen molar-refractivity contribution in [2.24, 2.45) is 0 Å². The number of nitrogens with one attached hydrogen (secondary N) is 2. The molecule has 10 rings (SSSR count). The van der Waals surface area contributed by atoms with Crippen molar-refractivity contribution in [1.82, 2.24) is 48.8 Å². The third kappa shape index (κ3) is 17.5. The maximum absolute atomic E-state index is 13.9. The number of unbranched alkanes of at least 4 members (excludes halogenated alkanes) is 2. The Morgan fingerprint density at radius 2 is 1.04 bits per heavy atom. The normalized spacial score (nSPS) is 15.7. The van der Waals surface area contributed by atoms with Gasteiger partial charge < -0.3 is 49.2 Å². The molecule has 0 spiro atoms. The first-order valence-electron chi connectivity index (χ1n) is 31.5. The Kier molecular flexibility index (Phi) is 23.1. The second-order valence-corrected chi connectivity index (χ2v) is 25.8. The summed E-state index contributed by atoms with van der Waals surface area (Å²) in [4.78, 5) is 87.6. The number of carbonyl (C=O) groups excluding carboxylic acids is 2. The fourth-order valence-electron chi connectivity index (χ4n) is 11.3. The molecular formula is C66H91BrN14O8. The number of pyridine rings is 4. The molecule has 2 N–H and O–H groups in total. The zero-order valence-electron chi connectivity index (χ0n) is 53.8. The van der Waals surface area contributed by atoms with E-state index >= 15 is 0 Å². The average Bonchev–Trinajstić information content (AvgIpc) is 2.11. The molecule has 480 valence electrons. The molecule has 4 fully saturated rings. The van der Waals surface area contributed by atoms with E-state index in [1.54, 1.807) is 22.2 Å². The van der Waals surface area contributed by atoms with Gasteiger partial charge >= 0.3 is 12.2 Å². The molecule has 0 bridgehead atoms. The van der Waals surface area contributed by atoms with Crippen molar-refractivity contribution >= 4 is 90.8 Å². The lowest BCUT2D eigenvalue weighted by Crippen LogP contribution is -2.50. The van der Waals surface area contributed by atoms with Gasteiger partial charge in [0.2, 0.25) is 11.9 Å². The zero-order chi connectivity index (χ0) is 64.0. The Bertz CT molecular complexity index is 3520. The van der Waals surface area contributed by atoms with E-state index in [1.807, 2.05) is 101 Å². The van der Waals surface area contributed by atoms with E-state index in [0.29, 0.717) is 110 Å². The van der Waals surface area contributed by atoms with E-state index in [-0.39, 0.29) is 35.4 Å². The molecule has 89 heavy (non-hydrogen) atoms. The summed E-state index contributed by atoms with van der Waals surface area (Å²) in [6, 6.07) is 7.99. The molecule has 2 saturated heterocycles. The highest BCUT2D eigenvalue weighted by Crippen LogP contribution is 2.35. The van der Waals surface area contributed by atoms with E-state index < -0.39 is 11.2 Å². The number of aryl methyl sites for hydroxylation is 2. The van der Waals surface area contributed by atoms with Crippen LogP contribution in [0.15, 0.2) is 82.5 Å². The van der Waals surface area contributed by atoms with E-state index in [1.165, 1.54) is 12.7 Å². The Hall–Kier alpha value is -7.82. The number of amides is 2. The van der Waals surface area contributed by atoms with Crippen molar-refractivity contribution < 1.29 is 28.5 Å². The van der Waals surface area contributed by atoms with Crippen molar-refractivity contribution in [2.75, 3.05) is 86.0 Å². The molecule has 8 heterocycles.